The third kappa shape index (κ3) is 1.19. The van der Waals surface area contributed by atoms with Crippen LogP contribution < -0.4 is 0 Å². The molecule has 0 aromatic heterocycles. The van der Waals surface area contributed by atoms with E-state index in [1.807, 2.05) is 18.2 Å². The summed E-state index contributed by atoms with van der Waals surface area (Å²) in [6.07, 6.45) is 6.85. The Morgan fingerprint density at radius 1 is 1.78 bits per heavy atom. The smallest absolute Gasteiger partial charge is 0.0799 e. The van der Waals surface area contributed by atoms with Crippen LogP contribution >= 0.6 is 0 Å². The molecule has 0 fully saturated rings. The van der Waals surface area contributed by atoms with Crippen molar-refractivity contribution >= 4 is 5.71 Å². The second-order valence-electron chi connectivity index (χ2n) is 2.01. The second-order valence-corrected chi connectivity index (χ2v) is 2.01. The van der Waals surface area contributed by atoms with Crippen molar-refractivity contribution in [3.63, 3.8) is 0 Å². The molecule has 1 aliphatic rings. The molecular formula is C7H9NO. The molecule has 0 saturated carbocycles. The highest BCUT2D eigenvalue weighted by atomic mass is 16.4. The molecule has 0 aromatic rings. The average Bonchev–Trinajstić information content (AvgIpc) is 2.37. The van der Waals surface area contributed by atoms with Crippen LogP contribution in [0.4, 0.5) is 0 Å². The van der Waals surface area contributed by atoms with Crippen molar-refractivity contribution in [2.24, 2.45) is 5.16 Å². The van der Waals surface area contributed by atoms with Crippen molar-refractivity contribution in [3.05, 3.63) is 23.8 Å². The topological polar surface area (TPSA) is 32.6 Å². The minimum absolute atomic E-state index is 0.708. The standard InChI is InChI=1S/C7H9NO/c1-6(8-9)7-4-2-3-5-7/h2-4,9H,5H2,1H3/b8-6+. The fourth-order valence-corrected chi connectivity index (χ4v) is 0.780. The summed E-state index contributed by atoms with van der Waals surface area (Å²) >= 11 is 0. The highest BCUT2D eigenvalue weighted by molar-refractivity contribution is 5.98. The fourth-order valence-electron chi connectivity index (χ4n) is 0.780. The molecule has 0 unspecified atom stereocenters. The fraction of sp³-hybridized carbons (Fsp3) is 0.286. The summed E-state index contributed by atoms with van der Waals surface area (Å²) in [6.45, 7) is 1.79. The molecule has 48 valence electrons. The summed E-state index contributed by atoms with van der Waals surface area (Å²) in [5.74, 6) is 0. The third-order valence-corrected chi connectivity index (χ3v) is 1.39. The monoisotopic (exact) mass is 123 g/mol. The van der Waals surface area contributed by atoms with Crippen LogP contribution in [0.2, 0.25) is 0 Å². The van der Waals surface area contributed by atoms with E-state index in [2.05, 4.69) is 5.16 Å². The van der Waals surface area contributed by atoms with Gasteiger partial charge in [-0.1, -0.05) is 23.4 Å². The molecule has 1 rings (SSSR count). The molecule has 9 heavy (non-hydrogen) atoms. The van der Waals surface area contributed by atoms with Crippen molar-refractivity contribution in [2.75, 3.05) is 0 Å². The maximum Gasteiger partial charge on any atom is 0.0799 e. The van der Waals surface area contributed by atoms with Gasteiger partial charge in [-0.3, -0.25) is 0 Å². The highest BCUT2D eigenvalue weighted by Crippen LogP contribution is 2.11. The first-order valence-corrected chi connectivity index (χ1v) is 2.89. The molecule has 0 heterocycles. The Labute approximate surface area is 54.2 Å². The van der Waals surface area contributed by atoms with Crippen LogP contribution in [0, 0.1) is 0 Å². The maximum atomic E-state index is 8.31. The minimum atomic E-state index is 0.708. The van der Waals surface area contributed by atoms with Crippen molar-refractivity contribution in [1.29, 1.82) is 0 Å². The first-order chi connectivity index (χ1) is 4.34. The first-order valence-electron chi connectivity index (χ1n) is 2.89. The SMILES string of the molecule is C/C(=N\O)C1=CC=CC1. The molecule has 0 aromatic carbocycles. The molecule has 1 N–H and O–H groups in total. The average molecular weight is 123 g/mol. The van der Waals surface area contributed by atoms with Gasteiger partial charge in [-0.05, 0) is 18.9 Å². The molecular weight excluding hydrogens is 114 g/mol. The van der Waals surface area contributed by atoms with E-state index in [-0.39, 0.29) is 0 Å². The van der Waals surface area contributed by atoms with Crippen LogP contribution in [0.15, 0.2) is 29.0 Å². The molecule has 0 aliphatic heterocycles. The van der Waals surface area contributed by atoms with Gasteiger partial charge < -0.3 is 5.21 Å². The summed E-state index contributed by atoms with van der Waals surface area (Å²) in [4.78, 5) is 0. The van der Waals surface area contributed by atoms with Crippen LogP contribution in [-0.4, -0.2) is 10.9 Å². The number of oxime groups is 1. The normalized spacial score (nSPS) is 18.3. The number of nitrogens with zero attached hydrogens (tertiary/aromatic N) is 1. The van der Waals surface area contributed by atoms with E-state index in [9.17, 15) is 0 Å². The van der Waals surface area contributed by atoms with Crippen LogP contribution in [0.5, 0.6) is 0 Å². The summed E-state index contributed by atoms with van der Waals surface area (Å²) in [7, 11) is 0. The number of rotatable bonds is 1. The molecule has 0 atom stereocenters. The van der Waals surface area contributed by atoms with Gasteiger partial charge in [0, 0.05) is 0 Å². The molecule has 0 bridgehead atoms. The maximum absolute atomic E-state index is 8.31. The summed E-state index contributed by atoms with van der Waals surface area (Å²) in [5.41, 5.74) is 1.80. The number of hydrogen-bond donors (Lipinski definition) is 1. The van der Waals surface area contributed by atoms with Crippen molar-refractivity contribution in [3.8, 4) is 0 Å². The lowest BCUT2D eigenvalue weighted by Gasteiger charge is -1.94. The zero-order chi connectivity index (χ0) is 6.69. The van der Waals surface area contributed by atoms with E-state index in [4.69, 9.17) is 5.21 Å². The van der Waals surface area contributed by atoms with Crippen LogP contribution in [0.1, 0.15) is 13.3 Å². The zero-order valence-electron chi connectivity index (χ0n) is 5.33. The third-order valence-electron chi connectivity index (χ3n) is 1.39. The largest absolute Gasteiger partial charge is 0.411 e. The first kappa shape index (κ1) is 6.08. The number of hydrogen-bond acceptors (Lipinski definition) is 2. The summed E-state index contributed by atoms with van der Waals surface area (Å²) in [5, 5.41) is 11.4. The van der Waals surface area contributed by atoms with Crippen molar-refractivity contribution in [1.82, 2.24) is 0 Å². The predicted octanol–water partition coefficient (Wildman–Crippen LogP) is 1.72. The van der Waals surface area contributed by atoms with Gasteiger partial charge in [-0.2, -0.15) is 0 Å². The van der Waals surface area contributed by atoms with Gasteiger partial charge in [-0.15, -0.1) is 0 Å². The minimum Gasteiger partial charge on any atom is -0.411 e. The Hall–Kier alpha value is -1.05. The van der Waals surface area contributed by atoms with Crippen LogP contribution in [0.25, 0.3) is 0 Å². The van der Waals surface area contributed by atoms with E-state index < -0.39 is 0 Å². The quantitative estimate of drug-likeness (QED) is 0.321. The number of allylic oxidation sites excluding steroid dienone is 4. The Bertz CT molecular complexity index is 189. The van der Waals surface area contributed by atoms with Crippen molar-refractivity contribution < 1.29 is 5.21 Å². The van der Waals surface area contributed by atoms with Gasteiger partial charge in [-0.25, -0.2) is 0 Å². The summed E-state index contributed by atoms with van der Waals surface area (Å²) in [6, 6.07) is 0. The molecule has 0 amide bonds. The van der Waals surface area contributed by atoms with Gasteiger partial charge in [0.2, 0.25) is 0 Å². The Balaban J connectivity index is 2.66. The Kier molecular flexibility index (Phi) is 1.68. The molecule has 1 aliphatic carbocycles. The Morgan fingerprint density at radius 2 is 2.56 bits per heavy atom. The van der Waals surface area contributed by atoms with Gasteiger partial charge in [0.25, 0.3) is 0 Å². The second kappa shape index (κ2) is 2.49. The predicted molar refractivity (Wildman–Crippen MR) is 36.7 cm³/mol. The van der Waals surface area contributed by atoms with Crippen LogP contribution in [-0.2, 0) is 0 Å². The van der Waals surface area contributed by atoms with E-state index in [1.165, 1.54) is 0 Å². The van der Waals surface area contributed by atoms with Crippen LogP contribution in [0.3, 0.4) is 0 Å². The van der Waals surface area contributed by atoms with Gasteiger partial charge >= 0.3 is 0 Å². The highest BCUT2D eigenvalue weighted by Gasteiger charge is 2.01. The van der Waals surface area contributed by atoms with E-state index in [1.54, 1.807) is 6.92 Å². The Morgan fingerprint density at radius 3 is 3.00 bits per heavy atom. The van der Waals surface area contributed by atoms with E-state index in [0.29, 0.717) is 5.71 Å². The molecule has 2 heteroatoms. The lowest BCUT2D eigenvalue weighted by Crippen LogP contribution is -1.93. The van der Waals surface area contributed by atoms with Gasteiger partial charge in [0.05, 0.1) is 5.71 Å². The van der Waals surface area contributed by atoms with Gasteiger partial charge in [0.15, 0.2) is 0 Å². The lowest BCUT2D eigenvalue weighted by molar-refractivity contribution is 0.319. The molecule has 0 radical (unpaired) electrons. The molecule has 2 nitrogen and oxygen atoms in total. The molecule has 0 saturated heterocycles. The molecule has 0 spiro atoms. The van der Waals surface area contributed by atoms with E-state index in [0.717, 1.165) is 12.0 Å². The zero-order valence-corrected chi connectivity index (χ0v) is 5.33. The van der Waals surface area contributed by atoms with Gasteiger partial charge in [0.1, 0.15) is 0 Å². The lowest BCUT2D eigenvalue weighted by atomic mass is 10.1. The van der Waals surface area contributed by atoms with Crippen molar-refractivity contribution in [2.45, 2.75) is 13.3 Å². The summed E-state index contributed by atoms with van der Waals surface area (Å²) < 4.78 is 0. The van der Waals surface area contributed by atoms with E-state index >= 15 is 0 Å².